The van der Waals surface area contributed by atoms with Crippen molar-refractivity contribution in [1.82, 2.24) is 4.90 Å². The zero-order valence-corrected chi connectivity index (χ0v) is 15.0. The third kappa shape index (κ3) is 3.79. The van der Waals surface area contributed by atoms with Gasteiger partial charge in [0.05, 0.1) is 31.9 Å². The van der Waals surface area contributed by atoms with Gasteiger partial charge >= 0.3 is 5.97 Å². The number of amides is 1. The normalized spacial score (nSPS) is 21.2. The summed E-state index contributed by atoms with van der Waals surface area (Å²) in [7, 11) is 1.38. The second kappa shape index (κ2) is 7.63. The Bertz CT molecular complexity index is 628. The number of hydrogen-bond donors (Lipinski definition) is 1. The highest BCUT2D eigenvalue weighted by atomic mass is 32.1. The van der Waals surface area contributed by atoms with Crippen molar-refractivity contribution in [3.05, 3.63) is 16.0 Å². The largest absolute Gasteiger partial charge is 0.465 e. The van der Waals surface area contributed by atoms with E-state index >= 15 is 0 Å². The molecule has 3 rings (SSSR count). The third-order valence-electron chi connectivity index (χ3n) is 4.51. The van der Waals surface area contributed by atoms with Crippen molar-refractivity contribution >= 4 is 28.2 Å². The third-order valence-corrected chi connectivity index (χ3v) is 5.71. The fourth-order valence-corrected chi connectivity index (χ4v) is 4.67. The molecule has 1 N–H and O–H groups in total. The minimum atomic E-state index is -0.357. The van der Waals surface area contributed by atoms with Gasteiger partial charge < -0.3 is 14.8 Å². The maximum Gasteiger partial charge on any atom is 0.341 e. The Kier molecular flexibility index (Phi) is 5.53. The molecule has 0 bridgehead atoms. The van der Waals surface area contributed by atoms with Gasteiger partial charge in [0, 0.05) is 18.0 Å². The Morgan fingerprint density at radius 1 is 1.38 bits per heavy atom. The maximum atomic E-state index is 12.4. The van der Waals surface area contributed by atoms with Gasteiger partial charge in [-0.15, -0.1) is 11.3 Å². The van der Waals surface area contributed by atoms with E-state index in [1.807, 2.05) is 6.92 Å². The van der Waals surface area contributed by atoms with Crippen LogP contribution in [0.5, 0.6) is 0 Å². The molecule has 1 unspecified atom stereocenters. The number of rotatable bonds is 4. The summed E-state index contributed by atoms with van der Waals surface area (Å²) in [4.78, 5) is 27.9. The summed E-state index contributed by atoms with van der Waals surface area (Å²) in [6.45, 7) is 4.47. The van der Waals surface area contributed by atoms with Crippen LogP contribution in [0.25, 0.3) is 0 Å². The monoisotopic (exact) mass is 352 g/mol. The molecule has 6 nitrogen and oxygen atoms in total. The van der Waals surface area contributed by atoms with Gasteiger partial charge in [0.15, 0.2) is 0 Å². The fraction of sp³-hybridized carbons (Fsp3) is 0.647. The average molecular weight is 352 g/mol. The number of morpholine rings is 1. The van der Waals surface area contributed by atoms with Crippen molar-refractivity contribution < 1.29 is 19.1 Å². The summed E-state index contributed by atoms with van der Waals surface area (Å²) >= 11 is 1.52. The number of aryl methyl sites for hydroxylation is 1. The van der Waals surface area contributed by atoms with Gasteiger partial charge in [0.25, 0.3) is 0 Å². The standard InChI is InChI=1S/C17H24N2O4S/c1-11-9-19(7-8-23-11)10-14(20)18-16-15(17(21)22-2)12-5-3-4-6-13(12)24-16/h11H,3-10H2,1-2H3,(H,18,20). The number of carbonyl (C=O) groups excluding carboxylic acids is 2. The number of methoxy groups -OCH3 is 1. The fourth-order valence-electron chi connectivity index (χ4n) is 3.38. The average Bonchev–Trinajstić information content (AvgIpc) is 2.91. The first-order valence-corrected chi connectivity index (χ1v) is 9.26. The van der Waals surface area contributed by atoms with Crippen molar-refractivity contribution in [3.63, 3.8) is 0 Å². The summed E-state index contributed by atoms with van der Waals surface area (Å²) in [6, 6.07) is 0. The van der Waals surface area contributed by atoms with Crippen LogP contribution in [-0.4, -0.2) is 56.2 Å². The Morgan fingerprint density at radius 3 is 2.92 bits per heavy atom. The van der Waals surface area contributed by atoms with Crippen molar-refractivity contribution in [2.24, 2.45) is 0 Å². The van der Waals surface area contributed by atoms with Gasteiger partial charge in [-0.3, -0.25) is 9.69 Å². The molecule has 1 aromatic rings. The molecule has 0 saturated carbocycles. The van der Waals surface area contributed by atoms with Crippen LogP contribution in [0.3, 0.4) is 0 Å². The van der Waals surface area contributed by atoms with E-state index in [1.165, 1.54) is 23.3 Å². The van der Waals surface area contributed by atoms with Gasteiger partial charge in [-0.2, -0.15) is 0 Å². The van der Waals surface area contributed by atoms with Gasteiger partial charge in [-0.25, -0.2) is 4.79 Å². The van der Waals surface area contributed by atoms with E-state index < -0.39 is 0 Å². The summed E-state index contributed by atoms with van der Waals surface area (Å²) in [5.74, 6) is -0.447. The molecule has 2 aliphatic rings. The van der Waals surface area contributed by atoms with Crippen LogP contribution in [0, 0.1) is 0 Å². The van der Waals surface area contributed by atoms with Crippen LogP contribution in [0.15, 0.2) is 0 Å². The minimum absolute atomic E-state index is 0.0900. The van der Waals surface area contributed by atoms with E-state index in [0.29, 0.717) is 23.7 Å². The number of thiophene rings is 1. The van der Waals surface area contributed by atoms with Gasteiger partial charge in [-0.1, -0.05) is 0 Å². The summed E-state index contributed by atoms with van der Waals surface area (Å²) < 4.78 is 10.4. The Balaban J connectivity index is 1.73. The molecular formula is C17H24N2O4S. The van der Waals surface area contributed by atoms with Crippen LogP contribution < -0.4 is 5.32 Å². The first kappa shape index (κ1) is 17.4. The summed E-state index contributed by atoms with van der Waals surface area (Å²) in [5, 5.41) is 3.58. The molecule has 132 valence electrons. The summed E-state index contributed by atoms with van der Waals surface area (Å²) in [6.07, 6.45) is 4.21. The quantitative estimate of drug-likeness (QED) is 0.840. The van der Waals surface area contributed by atoms with E-state index in [0.717, 1.165) is 44.3 Å². The van der Waals surface area contributed by atoms with Crippen molar-refractivity contribution in [2.75, 3.05) is 38.7 Å². The molecule has 2 heterocycles. The zero-order valence-electron chi connectivity index (χ0n) is 14.2. The molecule has 24 heavy (non-hydrogen) atoms. The number of anilines is 1. The lowest BCUT2D eigenvalue weighted by Gasteiger charge is -2.30. The second-order valence-electron chi connectivity index (χ2n) is 6.37. The SMILES string of the molecule is COC(=O)c1c(NC(=O)CN2CCOC(C)C2)sc2c1CCCC2. The first-order valence-electron chi connectivity index (χ1n) is 8.45. The van der Waals surface area contributed by atoms with Crippen LogP contribution in [-0.2, 0) is 27.1 Å². The number of fused-ring (bicyclic) bond motifs is 1. The predicted molar refractivity (Wildman–Crippen MR) is 92.8 cm³/mol. The molecule has 0 spiro atoms. The zero-order chi connectivity index (χ0) is 17.1. The Hall–Kier alpha value is -1.44. The maximum absolute atomic E-state index is 12.4. The Labute approximate surface area is 146 Å². The van der Waals surface area contributed by atoms with Gasteiger partial charge in [0.1, 0.15) is 5.00 Å². The van der Waals surface area contributed by atoms with E-state index in [2.05, 4.69) is 10.2 Å². The van der Waals surface area contributed by atoms with Crippen molar-refractivity contribution in [2.45, 2.75) is 38.7 Å². The topological polar surface area (TPSA) is 67.9 Å². The molecule has 1 atom stereocenters. The number of ether oxygens (including phenoxy) is 2. The van der Waals surface area contributed by atoms with E-state index in [4.69, 9.17) is 9.47 Å². The molecule has 1 aromatic heterocycles. The lowest BCUT2D eigenvalue weighted by molar-refractivity contribution is -0.119. The van der Waals surface area contributed by atoms with E-state index in [1.54, 1.807) is 0 Å². The van der Waals surface area contributed by atoms with Crippen molar-refractivity contribution in [3.8, 4) is 0 Å². The highest BCUT2D eigenvalue weighted by Crippen LogP contribution is 2.38. The number of nitrogens with zero attached hydrogens (tertiary/aromatic N) is 1. The minimum Gasteiger partial charge on any atom is -0.465 e. The van der Waals surface area contributed by atoms with E-state index in [9.17, 15) is 9.59 Å². The lowest BCUT2D eigenvalue weighted by atomic mass is 9.95. The lowest BCUT2D eigenvalue weighted by Crippen LogP contribution is -2.44. The second-order valence-corrected chi connectivity index (χ2v) is 7.48. The highest BCUT2D eigenvalue weighted by molar-refractivity contribution is 7.17. The molecule has 1 aliphatic carbocycles. The van der Waals surface area contributed by atoms with Crippen LogP contribution >= 0.6 is 11.3 Å². The van der Waals surface area contributed by atoms with E-state index in [-0.39, 0.29) is 18.0 Å². The number of nitrogens with one attached hydrogen (secondary N) is 1. The van der Waals surface area contributed by atoms with Crippen molar-refractivity contribution in [1.29, 1.82) is 0 Å². The molecule has 1 aliphatic heterocycles. The molecule has 7 heteroatoms. The first-order chi connectivity index (χ1) is 11.6. The van der Waals surface area contributed by atoms with Crippen LogP contribution in [0.1, 0.15) is 40.6 Å². The summed E-state index contributed by atoms with van der Waals surface area (Å²) in [5.41, 5.74) is 1.62. The van der Waals surface area contributed by atoms with Crippen LogP contribution in [0.2, 0.25) is 0 Å². The number of hydrogen-bond acceptors (Lipinski definition) is 6. The van der Waals surface area contributed by atoms with Gasteiger partial charge in [-0.05, 0) is 38.2 Å². The number of carbonyl (C=O) groups is 2. The molecule has 1 fully saturated rings. The smallest absolute Gasteiger partial charge is 0.341 e. The Morgan fingerprint density at radius 2 is 2.17 bits per heavy atom. The van der Waals surface area contributed by atoms with Crippen LogP contribution in [0.4, 0.5) is 5.00 Å². The molecule has 1 saturated heterocycles. The molecular weight excluding hydrogens is 328 g/mol. The predicted octanol–water partition coefficient (Wildman–Crippen LogP) is 2.07. The van der Waals surface area contributed by atoms with Gasteiger partial charge in [0.2, 0.25) is 5.91 Å². The molecule has 1 amide bonds. The number of esters is 1. The molecule has 0 aromatic carbocycles. The highest BCUT2D eigenvalue weighted by Gasteiger charge is 2.27. The molecule has 0 radical (unpaired) electrons.